The second-order valence-corrected chi connectivity index (χ2v) is 3.49. The highest BCUT2D eigenvalue weighted by Crippen LogP contribution is 2.29. The Kier molecular flexibility index (Phi) is 5.86. The van der Waals surface area contributed by atoms with E-state index in [9.17, 15) is 24.0 Å². The van der Waals surface area contributed by atoms with Crippen molar-refractivity contribution in [3.8, 4) is 5.75 Å². The first kappa shape index (κ1) is 15.0. The number of hydrogen-bond acceptors (Lipinski definition) is 6. The Morgan fingerprint density at radius 2 is 2.05 bits per heavy atom. The molecule has 1 saturated heterocycles. The van der Waals surface area contributed by atoms with E-state index < -0.39 is 11.9 Å². The second-order valence-electron chi connectivity index (χ2n) is 3.49. The van der Waals surface area contributed by atoms with Gasteiger partial charge in [-0.3, -0.25) is 0 Å². The second kappa shape index (κ2) is 7.41. The third-order valence-electron chi connectivity index (χ3n) is 2.36. The summed E-state index contributed by atoms with van der Waals surface area (Å²) in [6.45, 7) is 0.414. The maximum Gasteiger partial charge on any atom is 0.387 e. The molecule has 1 fully saturated rings. The first-order chi connectivity index (χ1) is 9.10. The molecule has 2 heterocycles. The van der Waals surface area contributed by atoms with Gasteiger partial charge in [0, 0.05) is 19.2 Å². The van der Waals surface area contributed by atoms with Crippen LogP contribution < -0.4 is 4.90 Å². The molecular weight excluding hydrogens is 264 g/mol. The van der Waals surface area contributed by atoms with E-state index in [0.29, 0.717) is 32.0 Å². The van der Waals surface area contributed by atoms with E-state index in [4.69, 9.17) is 4.74 Å². The minimum absolute atomic E-state index is 0.0768. The highest BCUT2D eigenvalue weighted by atomic mass is 19.3. The maximum atomic E-state index is 10.8. The van der Waals surface area contributed by atoms with Gasteiger partial charge in [-0.2, -0.15) is 0 Å². The summed E-state index contributed by atoms with van der Waals surface area (Å²) in [5, 5.41) is 20.1. The van der Waals surface area contributed by atoms with Gasteiger partial charge in [0.2, 0.25) is 6.93 Å². The predicted molar refractivity (Wildman–Crippen MR) is 62.7 cm³/mol. The minimum Gasteiger partial charge on any atom is -0.504 e. The van der Waals surface area contributed by atoms with Crippen LogP contribution in [0.3, 0.4) is 0 Å². The molecule has 2 rings (SSSR count). The Labute approximate surface area is 107 Å². The highest BCUT2D eigenvalue weighted by molar-refractivity contribution is 5.61. The molecule has 0 aliphatic carbocycles. The molecule has 1 aromatic rings. The van der Waals surface area contributed by atoms with Gasteiger partial charge in [-0.15, -0.1) is 0 Å². The van der Waals surface area contributed by atoms with Gasteiger partial charge in [-0.25, -0.2) is 8.78 Å². The number of pyridine rings is 1. The van der Waals surface area contributed by atoms with Crippen LogP contribution in [0.25, 0.3) is 0 Å². The minimum atomic E-state index is -1.75. The van der Waals surface area contributed by atoms with Crippen LogP contribution in [-0.4, -0.2) is 48.2 Å². The molecule has 0 unspecified atom stereocenters. The zero-order valence-corrected chi connectivity index (χ0v) is 9.96. The molecule has 0 spiro atoms. The van der Waals surface area contributed by atoms with Crippen LogP contribution in [0.4, 0.5) is 20.3 Å². The van der Waals surface area contributed by atoms with Crippen molar-refractivity contribution < 1.29 is 23.5 Å². The van der Waals surface area contributed by atoms with Gasteiger partial charge < -0.3 is 24.9 Å². The maximum absolute atomic E-state index is 10.8. The molecule has 1 aliphatic rings. The van der Waals surface area contributed by atoms with E-state index in [2.05, 4.69) is 4.98 Å². The normalized spacial score (nSPS) is 14.5. The van der Waals surface area contributed by atoms with Gasteiger partial charge in [0.05, 0.1) is 13.2 Å². The third kappa shape index (κ3) is 4.28. The number of halogens is 2. The molecule has 1 aromatic heterocycles. The fraction of sp³-hybridized carbons (Fsp3) is 0.500. The Morgan fingerprint density at radius 3 is 2.58 bits per heavy atom. The van der Waals surface area contributed by atoms with Gasteiger partial charge in [0.1, 0.15) is 5.69 Å². The van der Waals surface area contributed by atoms with Crippen LogP contribution in [0, 0.1) is 10.1 Å². The van der Waals surface area contributed by atoms with E-state index in [-0.39, 0.29) is 11.6 Å². The van der Waals surface area contributed by atoms with Crippen molar-refractivity contribution in [1.29, 1.82) is 0 Å². The molecule has 0 atom stereocenters. The summed E-state index contributed by atoms with van der Waals surface area (Å²) in [6, 6.07) is 1.36. The summed E-state index contributed by atoms with van der Waals surface area (Å²) in [4.78, 5) is 15.6. The fourth-order valence-corrected chi connectivity index (χ4v) is 1.61. The summed E-state index contributed by atoms with van der Waals surface area (Å²) in [5.41, 5.74) is 0.341. The lowest BCUT2D eigenvalue weighted by Gasteiger charge is -2.27. The SMILES string of the molecule is FCF.O=[N+]([O-])c1ncc(O)cc1N1CCOCC1. The van der Waals surface area contributed by atoms with Crippen LogP contribution in [0.2, 0.25) is 0 Å². The van der Waals surface area contributed by atoms with Crippen LogP contribution >= 0.6 is 0 Å². The van der Waals surface area contributed by atoms with Gasteiger partial charge in [-0.1, -0.05) is 0 Å². The van der Waals surface area contributed by atoms with Gasteiger partial charge in [-0.05, 0) is 9.91 Å². The van der Waals surface area contributed by atoms with Crippen molar-refractivity contribution in [2.75, 3.05) is 38.1 Å². The van der Waals surface area contributed by atoms with Crippen molar-refractivity contribution in [3.05, 3.63) is 22.4 Å². The lowest BCUT2D eigenvalue weighted by atomic mass is 10.3. The quantitative estimate of drug-likeness (QED) is 0.649. The zero-order valence-electron chi connectivity index (χ0n) is 9.96. The summed E-state index contributed by atoms with van der Waals surface area (Å²) in [7, 11) is 0. The van der Waals surface area contributed by atoms with Crippen LogP contribution in [0.1, 0.15) is 0 Å². The van der Waals surface area contributed by atoms with Crippen molar-refractivity contribution in [2.24, 2.45) is 0 Å². The molecule has 106 valence electrons. The summed E-state index contributed by atoms with van der Waals surface area (Å²) in [6.07, 6.45) is 1.07. The average Bonchev–Trinajstić information content (AvgIpc) is 2.40. The number of nitro groups is 1. The number of alkyl halides is 2. The molecule has 19 heavy (non-hydrogen) atoms. The molecule has 0 aromatic carbocycles. The lowest BCUT2D eigenvalue weighted by Crippen LogP contribution is -2.36. The molecule has 0 radical (unpaired) electrons. The van der Waals surface area contributed by atoms with Gasteiger partial charge in [0.15, 0.2) is 11.9 Å². The lowest BCUT2D eigenvalue weighted by molar-refractivity contribution is -0.388. The van der Waals surface area contributed by atoms with Gasteiger partial charge >= 0.3 is 5.82 Å². The van der Waals surface area contributed by atoms with Crippen molar-refractivity contribution in [1.82, 2.24) is 4.98 Å². The largest absolute Gasteiger partial charge is 0.504 e. The number of aromatic hydroxyl groups is 1. The van der Waals surface area contributed by atoms with E-state index in [1.807, 2.05) is 0 Å². The van der Waals surface area contributed by atoms with Crippen molar-refractivity contribution in [2.45, 2.75) is 0 Å². The van der Waals surface area contributed by atoms with E-state index >= 15 is 0 Å². The standard InChI is InChI=1S/C9H11N3O4.CH2F2/c13-7-5-8(9(10-6-7)12(14)15)11-1-3-16-4-2-11;2-1-3/h5-6,13H,1-4H2;1H2. The molecule has 1 aliphatic heterocycles. The predicted octanol–water partition coefficient (Wildman–Crippen LogP) is 1.41. The van der Waals surface area contributed by atoms with Crippen LogP contribution in [-0.2, 0) is 4.74 Å². The average molecular weight is 277 g/mol. The summed E-state index contributed by atoms with van der Waals surface area (Å²) in [5.74, 6) is -0.313. The Balaban J connectivity index is 0.000000550. The number of hydrogen-bond donors (Lipinski definition) is 1. The van der Waals surface area contributed by atoms with Crippen LogP contribution in [0.15, 0.2) is 12.3 Å². The summed E-state index contributed by atoms with van der Waals surface area (Å²) < 4.78 is 24.4. The number of anilines is 1. The first-order valence-corrected chi connectivity index (χ1v) is 5.38. The number of rotatable bonds is 2. The molecule has 0 saturated carbocycles. The number of aromatic nitrogens is 1. The van der Waals surface area contributed by atoms with Crippen LogP contribution in [0.5, 0.6) is 5.75 Å². The molecule has 1 N–H and O–H groups in total. The molecule has 9 heteroatoms. The number of morpholine rings is 1. The van der Waals surface area contributed by atoms with E-state index in [1.165, 1.54) is 6.07 Å². The molecule has 0 bridgehead atoms. The zero-order chi connectivity index (χ0) is 14.3. The molecule has 7 nitrogen and oxygen atoms in total. The van der Waals surface area contributed by atoms with Gasteiger partial charge in [0.25, 0.3) is 0 Å². The van der Waals surface area contributed by atoms with Crippen molar-refractivity contribution in [3.63, 3.8) is 0 Å². The first-order valence-electron chi connectivity index (χ1n) is 5.38. The Morgan fingerprint density at radius 1 is 1.47 bits per heavy atom. The van der Waals surface area contributed by atoms with E-state index in [0.717, 1.165) is 6.20 Å². The Hall–Kier alpha value is -2.03. The van der Waals surface area contributed by atoms with Crippen molar-refractivity contribution >= 4 is 11.5 Å². The third-order valence-corrected chi connectivity index (χ3v) is 2.36. The molecule has 0 amide bonds. The fourth-order valence-electron chi connectivity index (χ4n) is 1.61. The smallest absolute Gasteiger partial charge is 0.387 e. The number of nitrogens with zero attached hydrogens (tertiary/aromatic N) is 3. The highest BCUT2D eigenvalue weighted by Gasteiger charge is 2.23. The monoisotopic (exact) mass is 277 g/mol. The number of ether oxygens (including phenoxy) is 1. The Bertz CT molecular complexity index is 427. The van der Waals surface area contributed by atoms with E-state index in [1.54, 1.807) is 4.90 Å². The topological polar surface area (TPSA) is 88.7 Å². The summed E-state index contributed by atoms with van der Waals surface area (Å²) >= 11 is 0. The molecular formula is C10H13F2N3O4.